The van der Waals surface area contributed by atoms with Crippen molar-refractivity contribution in [2.75, 3.05) is 0 Å². The monoisotopic (exact) mass is 1780 g/mol. The summed E-state index contributed by atoms with van der Waals surface area (Å²) in [7, 11) is 0. The van der Waals surface area contributed by atoms with Gasteiger partial charge in [0.15, 0.2) is 12.8 Å². The molecule has 11 aromatic carbocycles. The van der Waals surface area contributed by atoms with E-state index in [1.54, 1.807) is 151 Å². The van der Waals surface area contributed by atoms with Crippen LogP contribution in [0.2, 0.25) is 0 Å². The lowest BCUT2D eigenvalue weighted by Gasteiger charge is -2.06. The Hall–Kier alpha value is -13.2. The van der Waals surface area contributed by atoms with Gasteiger partial charge >= 0.3 is 0 Å². The van der Waals surface area contributed by atoms with Gasteiger partial charge in [0.2, 0.25) is 23.6 Å². The molecule has 22 heteroatoms. The fourth-order valence-electron chi connectivity index (χ4n) is 16.4. The Kier molecular flexibility index (Phi) is 17.7. The molecule has 0 aliphatic carbocycles. The first-order valence-corrected chi connectivity index (χ1v) is 47.9. The van der Waals surface area contributed by atoms with Gasteiger partial charge in [-0.1, -0.05) is 109 Å². The molecule has 0 aliphatic rings. The van der Waals surface area contributed by atoms with Crippen LogP contribution in [0.25, 0.3) is 242 Å². The van der Waals surface area contributed by atoms with Crippen LogP contribution < -0.4 is 0 Å². The van der Waals surface area contributed by atoms with Gasteiger partial charge in [-0.3, -0.25) is 0 Å². The number of allylic oxidation sites excluding steroid dienone is 2. The summed E-state index contributed by atoms with van der Waals surface area (Å²) in [5, 5.41) is 13.2. The fraction of sp³-hybridized carbons (Fsp3) is 0.0196. The predicted octanol–water partition coefficient (Wildman–Crippen LogP) is 34.2. The molecule has 0 saturated heterocycles. The number of hydrogen-bond acceptors (Lipinski definition) is 22. The van der Waals surface area contributed by atoms with Gasteiger partial charge in [0.05, 0.1) is 50.0 Å². The predicted molar refractivity (Wildman–Crippen MR) is 529 cm³/mol. The van der Waals surface area contributed by atoms with E-state index >= 15 is 0 Å². The van der Waals surface area contributed by atoms with Gasteiger partial charge in [-0.25, -0.2) is 29.9 Å². The third-order valence-corrected chi connectivity index (χ3v) is 33.9. The molecule has 25 aromatic rings. The highest BCUT2D eigenvalue weighted by atomic mass is 32.1. The molecule has 0 amide bonds. The maximum Gasteiger partial charge on any atom is 0.236 e. The SMILES string of the molecule is C/C=C(\O/C=N/c1cc(-c2cc3cc4sc(-c5cc(/N=C/O/C(=C\C)c6cc7ccccc7s6)c6sc7c(-c8coc(-c9cc%10ccccc%10s9)n8)cc(-c8coc(-c9cc%10ccccc%10s9)n8)cc7c6c5)cc4cc3s2)cc2c1sc1c(-c3coc(-c4cc5ccccc5s4)n3)cc(-c3coc(-c4cc5ccccc5s4)n3)cc12)c1cc2ccccc2s1. The Morgan fingerprint density at radius 3 is 0.919 bits per heavy atom. The molecule has 14 heterocycles. The normalized spacial score (nSPS) is 12.6. The van der Waals surface area contributed by atoms with Crippen molar-refractivity contribution in [1.29, 1.82) is 0 Å². The van der Waals surface area contributed by atoms with E-state index in [1.165, 1.54) is 18.8 Å². The molecule has 0 radical (unpaired) electrons. The standard InChI is InChI=1S/C102H56N6O6S10/c1-3-77(89-37-53-17-5-11-23-79(53)115-89)113-51-103-71-35-61(33-67-65-29-59(73-47-109-99(105-73)91-39-55-19-7-13-25-81(55)117-91)31-69(95(65)123-97(67)71)75-49-111-101(107-75)93-41-57-21-9-15-27-83(57)119-93)85-43-63-45-88-64(46-87(63)121-85)44-86(122-88)62-34-68-66-30-60(74-48-110-100(106-74)92-40-56-20-8-14-26-82(56)118-92)32-70(76-50-112-102(108-76)94-42-58-22-10-16-28-84(58)120-94)96(66)124-98(68)72(36-62)104-52-114-78(4-2)90-38-54-18-6-12-24-80(54)116-90/h3-52H,1-2H3/b77-3-,78-4-,103-51+,104-52+. The molecule has 0 unspecified atom stereocenters. The molecular formula is C102H56N6O6S10. The van der Waals surface area contributed by atoms with Gasteiger partial charge < -0.3 is 27.1 Å². The Morgan fingerprint density at radius 2 is 0.573 bits per heavy atom. The second kappa shape index (κ2) is 29.8. The van der Waals surface area contributed by atoms with Gasteiger partial charge in [-0.2, -0.15) is 0 Å². The minimum Gasteiger partial charge on any atom is -0.445 e. The Balaban J connectivity index is 0.630. The summed E-state index contributed by atoms with van der Waals surface area (Å²) >= 11 is 17.0. The van der Waals surface area contributed by atoms with E-state index in [-0.39, 0.29) is 0 Å². The van der Waals surface area contributed by atoms with Crippen molar-refractivity contribution in [2.24, 2.45) is 9.98 Å². The van der Waals surface area contributed by atoms with Crippen LogP contribution in [-0.4, -0.2) is 32.7 Å². The number of aliphatic imine (C=N–C) groups is 2. The summed E-state index contributed by atoms with van der Waals surface area (Å²) < 4.78 is 52.3. The highest BCUT2D eigenvalue weighted by molar-refractivity contribution is 7.28. The maximum atomic E-state index is 6.60. The second-order valence-electron chi connectivity index (χ2n) is 30.0. The average molecular weight is 1780 g/mol. The molecule has 0 N–H and O–H groups in total. The summed E-state index contributed by atoms with van der Waals surface area (Å²) in [6, 6.07) is 90.6. The van der Waals surface area contributed by atoms with Gasteiger partial charge in [-0.05, 0) is 226 Å². The lowest BCUT2D eigenvalue weighted by molar-refractivity contribution is 0.531. The fourth-order valence-corrected chi connectivity index (χ4v) is 27.2. The number of hydrogen-bond donors (Lipinski definition) is 0. The zero-order valence-electron chi connectivity index (χ0n) is 65.1. The maximum absolute atomic E-state index is 6.60. The summed E-state index contributed by atoms with van der Waals surface area (Å²) in [6.45, 7) is 4.00. The van der Waals surface area contributed by atoms with Crippen molar-refractivity contribution < 1.29 is 27.1 Å². The van der Waals surface area contributed by atoms with E-state index < -0.39 is 0 Å². The highest BCUT2D eigenvalue weighted by Gasteiger charge is 2.27. The van der Waals surface area contributed by atoms with E-state index in [2.05, 4.69) is 255 Å². The third-order valence-electron chi connectivity index (χ3n) is 22.3. The minimum atomic E-state index is 0.555. The van der Waals surface area contributed by atoms with Crippen molar-refractivity contribution >= 4 is 270 Å². The topological polar surface area (TPSA) is 147 Å². The Bertz CT molecular complexity index is 8050. The van der Waals surface area contributed by atoms with E-state index in [0.29, 0.717) is 46.3 Å². The molecule has 0 spiro atoms. The van der Waals surface area contributed by atoms with Crippen LogP contribution in [0.1, 0.15) is 23.6 Å². The van der Waals surface area contributed by atoms with E-state index in [0.717, 1.165) is 198 Å². The van der Waals surface area contributed by atoms with Crippen LogP contribution in [0.15, 0.2) is 320 Å². The van der Waals surface area contributed by atoms with Crippen LogP contribution in [0.4, 0.5) is 11.4 Å². The van der Waals surface area contributed by atoms with Gasteiger partial charge in [-0.15, -0.1) is 113 Å². The molecular weight excluding hydrogens is 1730 g/mol. The summed E-state index contributed by atoms with van der Waals surface area (Å²) in [5.74, 6) is 3.68. The van der Waals surface area contributed by atoms with Gasteiger partial charge in [0.25, 0.3) is 0 Å². The number of fused-ring (bicyclic) bond motifs is 14. The summed E-state index contributed by atoms with van der Waals surface area (Å²) in [4.78, 5) is 39.7. The van der Waals surface area contributed by atoms with Crippen molar-refractivity contribution in [3.8, 4) is 109 Å². The van der Waals surface area contributed by atoms with Crippen LogP contribution in [-0.2, 0) is 9.47 Å². The van der Waals surface area contributed by atoms with E-state index in [1.807, 2.05) is 26.0 Å². The van der Waals surface area contributed by atoms with Gasteiger partial charge in [0.1, 0.15) is 59.3 Å². The number of benzene rings is 11. The summed E-state index contributed by atoms with van der Waals surface area (Å²) in [5.41, 5.74) is 9.91. The smallest absolute Gasteiger partial charge is 0.236 e. The molecule has 14 aromatic heterocycles. The molecule has 25 rings (SSSR count). The third kappa shape index (κ3) is 12.9. The van der Waals surface area contributed by atoms with Crippen LogP contribution in [0.3, 0.4) is 0 Å². The van der Waals surface area contributed by atoms with Crippen LogP contribution in [0.5, 0.6) is 0 Å². The first kappa shape index (κ1) is 73.5. The molecule has 0 saturated carbocycles. The lowest BCUT2D eigenvalue weighted by atomic mass is 10.00. The van der Waals surface area contributed by atoms with Crippen molar-refractivity contribution in [2.45, 2.75) is 13.8 Å². The number of thiophene rings is 10. The molecule has 590 valence electrons. The zero-order valence-corrected chi connectivity index (χ0v) is 73.2. The molecule has 0 atom stereocenters. The first-order valence-electron chi connectivity index (χ1n) is 39.7. The van der Waals surface area contributed by atoms with E-state index in [4.69, 9.17) is 57.1 Å². The highest BCUT2D eigenvalue weighted by Crippen LogP contribution is 2.54. The Labute approximate surface area is 744 Å². The van der Waals surface area contributed by atoms with Crippen molar-refractivity contribution in [1.82, 2.24) is 19.9 Å². The first-order chi connectivity index (χ1) is 61.2. The molecule has 124 heavy (non-hydrogen) atoms. The van der Waals surface area contributed by atoms with Crippen molar-refractivity contribution in [3.05, 3.63) is 302 Å². The van der Waals surface area contributed by atoms with Gasteiger partial charge in [0, 0.05) is 101 Å². The van der Waals surface area contributed by atoms with Crippen LogP contribution >= 0.6 is 113 Å². The van der Waals surface area contributed by atoms with Crippen molar-refractivity contribution in [3.63, 3.8) is 0 Å². The van der Waals surface area contributed by atoms with Crippen LogP contribution in [0, 0.1) is 0 Å². The molecule has 0 fully saturated rings. The molecule has 12 nitrogen and oxygen atoms in total. The average Bonchev–Trinajstić information content (AvgIpc) is 1.58. The lowest BCUT2D eigenvalue weighted by Crippen LogP contribution is -1.87. The zero-order chi connectivity index (χ0) is 81.8. The number of rotatable bonds is 18. The second-order valence-corrected chi connectivity index (χ2v) is 40.7. The number of aromatic nitrogens is 4. The Morgan fingerprint density at radius 1 is 0.274 bits per heavy atom. The minimum absolute atomic E-state index is 0.555. The largest absolute Gasteiger partial charge is 0.445 e. The number of ether oxygens (including phenoxy) is 2. The number of nitrogens with zero attached hydrogens (tertiary/aromatic N) is 6. The molecule has 0 aliphatic heterocycles. The summed E-state index contributed by atoms with van der Waals surface area (Å²) in [6.07, 6.45) is 14.3. The van der Waals surface area contributed by atoms with E-state index in [9.17, 15) is 0 Å². The number of oxazole rings is 4. The quantitative estimate of drug-likeness (QED) is 0.0462. The molecule has 0 bridgehead atoms.